The van der Waals surface area contributed by atoms with E-state index in [1.807, 2.05) is 4.57 Å². The first-order valence-electron chi connectivity index (χ1n) is 8.05. The molecule has 140 valence electrons. The zero-order chi connectivity index (χ0) is 19.2. The maximum absolute atomic E-state index is 13.0. The summed E-state index contributed by atoms with van der Waals surface area (Å²) in [6, 6.07) is 11.4. The number of nitrogens with zero attached hydrogens (tertiary/aromatic N) is 3. The lowest BCUT2D eigenvalue weighted by atomic mass is 10.2. The Kier molecular flexibility index (Phi) is 6.77. The van der Waals surface area contributed by atoms with Crippen LogP contribution in [0.2, 0.25) is 10.0 Å². The minimum absolute atomic E-state index is 0.208. The molecule has 1 heterocycles. The monoisotopic (exact) mass is 423 g/mol. The van der Waals surface area contributed by atoms with Gasteiger partial charge in [-0.1, -0.05) is 53.2 Å². The lowest BCUT2D eigenvalue weighted by Gasteiger charge is -2.10. The second-order valence-corrected chi connectivity index (χ2v) is 7.36. The number of rotatable bonds is 8. The second-order valence-electron chi connectivity index (χ2n) is 5.58. The van der Waals surface area contributed by atoms with Gasteiger partial charge in [0.15, 0.2) is 11.0 Å². The van der Waals surface area contributed by atoms with E-state index in [-0.39, 0.29) is 12.4 Å². The van der Waals surface area contributed by atoms with Crippen LogP contribution in [0.25, 0.3) is 0 Å². The third-order valence-electron chi connectivity index (χ3n) is 3.64. The van der Waals surface area contributed by atoms with Gasteiger partial charge in [0.25, 0.3) is 0 Å². The summed E-state index contributed by atoms with van der Waals surface area (Å²) in [5.41, 5.74) is 1.00. The molecule has 0 aliphatic carbocycles. The van der Waals surface area contributed by atoms with Crippen molar-refractivity contribution in [1.29, 1.82) is 0 Å². The van der Waals surface area contributed by atoms with Gasteiger partial charge < -0.3 is 4.74 Å². The number of hydrogen-bond acceptors (Lipinski definition) is 4. The van der Waals surface area contributed by atoms with Crippen LogP contribution >= 0.6 is 35.0 Å². The van der Waals surface area contributed by atoms with Crippen LogP contribution < -0.4 is 4.74 Å². The van der Waals surface area contributed by atoms with Gasteiger partial charge in [-0.25, -0.2) is 4.39 Å². The van der Waals surface area contributed by atoms with Crippen LogP contribution in [0, 0.1) is 5.82 Å². The third kappa shape index (κ3) is 5.25. The first kappa shape index (κ1) is 19.7. The van der Waals surface area contributed by atoms with Crippen molar-refractivity contribution in [1.82, 2.24) is 14.8 Å². The van der Waals surface area contributed by atoms with Gasteiger partial charge in [-0.15, -0.1) is 16.8 Å². The molecule has 4 nitrogen and oxygen atoms in total. The standard InChI is InChI=1S/C19H16Cl2FN3OS/c1-2-9-25-18(11-26-17-8-5-14(20)10-16(17)21)23-24-19(25)27-12-13-3-6-15(22)7-4-13/h2-8,10H,1,9,11-12H2. The Morgan fingerprint density at radius 3 is 2.63 bits per heavy atom. The fourth-order valence-corrected chi connectivity index (χ4v) is 3.69. The predicted molar refractivity (Wildman–Crippen MR) is 107 cm³/mol. The molecule has 0 radical (unpaired) electrons. The number of ether oxygens (including phenoxy) is 1. The quantitative estimate of drug-likeness (QED) is 0.340. The molecule has 0 spiro atoms. The van der Waals surface area contributed by atoms with Crippen LogP contribution in [-0.4, -0.2) is 14.8 Å². The highest BCUT2D eigenvalue weighted by Gasteiger charge is 2.13. The Balaban J connectivity index is 1.70. The Labute approximate surface area is 171 Å². The fraction of sp³-hybridized carbons (Fsp3) is 0.158. The van der Waals surface area contributed by atoms with Crippen molar-refractivity contribution < 1.29 is 9.13 Å². The minimum Gasteiger partial charge on any atom is -0.484 e. The molecular weight excluding hydrogens is 408 g/mol. The first-order valence-corrected chi connectivity index (χ1v) is 9.79. The van der Waals surface area contributed by atoms with Crippen molar-refractivity contribution in [3.8, 4) is 5.75 Å². The number of allylic oxidation sites excluding steroid dienone is 1. The molecule has 0 aliphatic heterocycles. The lowest BCUT2D eigenvalue weighted by Crippen LogP contribution is -2.07. The molecule has 27 heavy (non-hydrogen) atoms. The molecule has 0 atom stereocenters. The second kappa shape index (κ2) is 9.26. The molecule has 2 aromatic carbocycles. The van der Waals surface area contributed by atoms with E-state index < -0.39 is 0 Å². The van der Waals surface area contributed by atoms with Crippen molar-refractivity contribution in [3.63, 3.8) is 0 Å². The summed E-state index contributed by atoms with van der Waals surface area (Å²) in [5, 5.41) is 10.2. The summed E-state index contributed by atoms with van der Waals surface area (Å²) in [5.74, 6) is 1.58. The molecule has 0 unspecified atom stereocenters. The molecule has 8 heteroatoms. The van der Waals surface area contributed by atoms with Crippen molar-refractivity contribution in [2.75, 3.05) is 0 Å². The van der Waals surface area contributed by atoms with Gasteiger partial charge in [0, 0.05) is 17.3 Å². The van der Waals surface area contributed by atoms with E-state index in [1.165, 1.54) is 23.9 Å². The summed E-state index contributed by atoms with van der Waals surface area (Å²) in [4.78, 5) is 0. The fourth-order valence-electron chi connectivity index (χ4n) is 2.31. The van der Waals surface area contributed by atoms with E-state index in [0.29, 0.717) is 33.9 Å². The zero-order valence-corrected chi connectivity index (χ0v) is 16.6. The van der Waals surface area contributed by atoms with E-state index in [4.69, 9.17) is 27.9 Å². The highest BCUT2D eigenvalue weighted by atomic mass is 35.5. The lowest BCUT2D eigenvalue weighted by molar-refractivity contribution is 0.289. The summed E-state index contributed by atoms with van der Waals surface area (Å²) in [6.07, 6.45) is 1.77. The summed E-state index contributed by atoms with van der Waals surface area (Å²) < 4.78 is 20.7. The topological polar surface area (TPSA) is 39.9 Å². The smallest absolute Gasteiger partial charge is 0.191 e. The number of benzene rings is 2. The van der Waals surface area contributed by atoms with E-state index in [1.54, 1.807) is 36.4 Å². The molecule has 0 bridgehead atoms. The first-order chi connectivity index (χ1) is 13.1. The van der Waals surface area contributed by atoms with Crippen molar-refractivity contribution in [2.24, 2.45) is 0 Å². The van der Waals surface area contributed by atoms with Gasteiger partial charge in [0.2, 0.25) is 0 Å². The Hall–Kier alpha value is -2.02. The number of aromatic nitrogens is 3. The Morgan fingerprint density at radius 2 is 1.93 bits per heavy atom. The molecule has 0 aliphatic rings. The summed E-state index contributed by atoms with van der Waals surface area (Å²) in [6.45, 7) is 4.54. The predicted octanol–water partition coefficient (Wildman–Crippen LogP) is 5.78. The molecule has 3 rings (SSSR count). The number of thioether (sulfide) groups is 1. The maximum atomic E-state index is 13.0. The average Bonchev–Trinajstić information content (AvgIpc) is 3.03. The van der Waals surface area contributed by atoms with Crippen molar-refractivity contribution in [2.45, 2.75) is 24.1 Å². The average molecular weight is 424 g/mol. The van der Waals surface area contributed by atoms with Crippen LogP contribution in [0.5, 0.6) is 5.75 Å². The summed E-state index contributed by atoms with van der Waals surface area (Å²) in [7, 11) is 0. The highest BCUT2D eigenvalue weighted by molar-refractivity contribution is 7.98. The van der Waals surface area contributed by atoms with Crippen molar-refractivity contribution in [3.05, 3.63) is 82.4 Å². The van der Waals surface area contributed by atoms with Crippen LogP contribution in [0.1, 0.15) is 11.4 Å². The molecular formula is C19H16Cl2FN3OS. The minimum atomic E-state index is -0.251. The largest absolute Gasteiger partial charge is 0.484 e. The van der Waals surface area contributed by atoms with Crippen molar-refractivity contribution >= 4 is 35.0 Å². The Morgan fingerprint density at radius 1 is 1.15 bits per heavy atom. The van der Waals surface area contributed by atoms with Gasteiger partial charge in [-0.2, -0.15) is 0 Å². The zero-order valence-electron chi connectivity index (χ0n) is 14.2. The number of hydrogen-bond donors (Lipinski definition) is 0. The van der Waals surface area contributed by atoms with Gasteiger partial charge in [0.1, 0.15) is 18.2 Å². The molecule has 0 amide bonds. The molecule has 0 fully saturated rings. The van der Waals surface area contributed by atoms with Crippen LogP contribution in [-0.2, 0) is 18.9 Å². The molecule has 1 aromatic heterocycles. The third-order valence-corrected chi connectivity index (χ3v) is 5.21. The number of halogens is 3. The Bertz CT molecular complexity index is 931. The molecule has 0 saturated heterocycles. The van der Waals surface area contributed by atoms with E-state index in [9.17, 15) is 4.39 Å². The molecule has 3 aromatic rings. The normalized spacial score (nSPS) is 10.8. The van der Waals surface area contributed by atoms with E-state index in [0.717, 1.165) is 10.7 Å². The van der Waals surface area contributed by atoms with Gasteiger partial charge >= 0.3 is 0 Å². The van der Waals surface area contributed by atoms with Crippen LogP contribution in [0.4, 0.5) is 4.39 Å². The molecule has 0 saturated carbocycles. The van der Waals surface area contributed by atoms with Gasteiger partial charge in [0.05, 0.1) is 5.02 Å². The SMILES string of the molecule is C=CCn1c(COc2ccc(Cl)cc2Cl)nnc1SCc1ccc(F)cc1. The van der Waals surface area contributed by atoms with E-state index >= 15 is 0 Å². The van der Waals surface area contributed by atoms with Crippen LogP contribution in [0.3, 0.4) is 0 Å². The maximum Gasteiger partial charge on any atom is 0.191 e. The van der Waals surface area contributed by atoms with Gasteiger partial charge in [-0.3, -0.25) is 4.57 Å². The van der Waals surface area contributed by atoms with E-state index in [2.05, 4.69) is 16.8 Å². The van der Waals surface area contributed by atoms with Crippen LogP contribution in [0.15, 0.2) is 60.3 Å². The van der Waals surface area contributed by atoms with Gasteiger partial charge in [-0.05, 0) is 35.9 Å². The molecule has 0 N–H and O–H groups in total. The summed E-state index contributed by atoms with van der Waals surface area (Å²) >= 11 is 13.5. The highest BCUT2D eigenvalue weighted by Crippen LogP contribution is 2.28.